The third-order valence-corrected chi connectivity index (χ3v) is 2.61. The Morgan fingerprint density at radius 3 is 3.06 bits per heavy atom. The number of pyridine rings is 1. The zero-order valence-electron chi connectivity index (χ0n) is 8.55. The molecule has 0 spiro atoms. The van der Waals surface area contributed by atoms with Crippen LogP contribution >= 0.6 is 0 Å². The second-order valence-corrected chi connectivity index (χ2v) is 4.00. The normalized spacial score (nSPS) is 15.2. The number of nitrogens with zero attached hydrogens (tertiary/aromatic N) is 2. The Morgan fingerprint density at radius 2 is 2.38 bits per heavy atom. The number of rotatable bonds is 2. The number of carbonyl (C=O) groups excluding carboxylic acids is 1. The zero-order chi connectivity index (χ0) is 11.1. The van der Waals surface area contributed by atoms with E-state index in [1.807, 2.05) is 0 Å². The monoisotopic (exact) mass is 217 g/mol. The number of imidazole rings is 1. The van der Waals surface area contributed by atoms with E-state index in [4.69, 9.17) is 0 Å². The maximum absolute atomic E-state index is 11.7. The first-order valence-electron chi connectivity index (χ1n) is 5.21. The molecule has 0 bridgehead atoms. The number of carbonyl (C=O) groups is 1. The van der Waals surface area contributed by atoms with Crippen LogP contribution in [0.4, 0.5) is 0 Å². The van der Waals surface area contributed by atoms with E-state index in [2.05, 4.69) is 10.3 Å². The van der Waals surface area contributed by atoms with Crippen molar-refractivity contribution in [2.24, 2.45) is 0 Å². The molecule has 0 radical (unpaired) electrons. The third kappa shape index (κ3) is 1.50. The molecule has 2 aromatic heterocycles. The minimum atomic E-state index is -0.175. The Hall–Kier alpha value is -2.04. The van der Waals surface area contributed by atoms with Gasteiger partial charge in [-0.3, -0.25) is 4.79 Å². The summed E-state index contributed by atoms with van der Waals surface area (Å²) in [5, 5.41) is 12.4. The Bertz CT molecular complexity index is 557. The van der Waals surface area contributed by atoms with Gasteiger partial charge in [-0.25, -0.2) is 4.98 Å². The van der Waals surface area contributed by atoms with Gasteiger partial charge >= 0.3 is 0 Å². The quantitative estimate of drug-likeness (QED) is 0.786. The lowest BCUT2D eigenvalue weighted by Crippen LogP contribution is -2.25. The summed E-state index contributed by atoms with van der Waals surface area (Å²) in [6, 6.07) is 3.56. The maximum Gasteiger partial charge on any atom is 0.271 e. The molecule has 2 N–H and O–H groups in total. The van der Waals surface area contributed by atoms with Crippen LogP contribution in [0.15, 0.2) is 24.5 Å². The van der Waals surface area contributed by atoms with Crippen molar-refractivity contribution >= 4 is 11.6 Å². The molecule has 5 nitrogen and oxygen atoms in total. The highest BCUT2D eigenvalue weighted by atomic mass is 16.3. The van der Waals surface area contributed by atoms with Crippen molar-refractivity contribution in [2.45, 2.75) is 18.9 Å². The third-order valence-electron chi connectivity index (χ3n) is 2.61. The number of nitrogens with one attached hydrogen (secondary N) is 1. The van der Waals surface area contributed by atoms with Crippen LogP contribution in [0.2, 0.25) is 0 Å². The summed E-state index contributed by atoms with van der Waals surface area (Å²) in [7, 11) is 0. The van der Waals surface area contributed by atoms with E-state index in [-0.39, 0.29) is 11.7 Å². The van der Waals surface area contributed by atoms with Gasteiger partial charge < -0.3 is 14.8 Å². The first kappa shape index (κ1) is 9.21. The molecule has 2 heterocycles. The standard InChI is InChI=1S/C11H11N3O2/c15-9-2-1-5-14-6-8(13-10(9)14)11(16)12-7-3-4-7/h1-2,5-7,15H,3-4H2,(H,12,16). The topological polar surface area (TPSA) is 66.6 Å². The fourth-order valence-electron chi connectivity index (χ4n) is 1.59. The smallest absolute Gasteiger partial charge is 0.271 e. The number of amides is 1. The molecule has 5 heteroatoms. The summed E-state index contributed by atoms with van der Waals surface area (Å²) in [4.78, 5) is 15.8. The van der Waals surface area contributed by atoms with Crippen molar-refractivity contribution < 1.29 is 9.90 Å². The van der Waals surface area contributed by atoms with Gasteiger partial charge in [0.15, 0.2) is 11.4 Å². The van der Waals surface area contributed by atoms with Crippen molar-refractivity contribution in [3.8, 4) is 5.75 Å². The van der Waals surface area contributed by atoms with Crippen LogP contribution in [0, 0.1) is 0 Å². The molecular weight excluding hydrogens is 206 g/mol. The Balaban J connectivity index is 1.97. The molecule has 0 aromatic carbocycles. The lowest BCUT2D eigenvalue weighted by atomic mass is 10.4. The van der Waals surface area contributed by atoms with E-state index >= 15 is 0 Å². The number of fused-ring (bicyclic) bond motifs is 1. The van der Waals surface area contributed by atoms with Crippen LogP contribution in [-0.2, 0) is 0 Å². The van der Waals surface area contributed by atoms with Crippen molar-refractivity contribution in [1.29, 1.82) is 0 Å². The maximum atomic E-state index is 11.7. The van der Waals surface area contributed by atoms with E-state index in [1.54, 1.807) is 28.9 Å². The van der Waals surface area contributed by atoms with Crippen molar-refractivity contribution in [2.75, 3.05) is 0 Å². The minimum absolute atomic E-state index is 0.0768. The van der Waals surface area contributed by atoms with Crippen LogP contribution < -0.4 is 5.32 Å². The molecule has 1 amide bonds. The summed E-state index contributed by atoms with van der Waals surface area (Å²) in [6.07, 6.45) is 5.46. The van der Waals surface area contributed by atoms with Crippen LogP contribution in [0.3, 0.4) is 0 Å². The molecule has 16 heavy (non-hydrogen) atoms. The predicted octanol–water partition coefficient (Wildman–Crippen LogP) is 0.932. The fourth-order valence-corrected chi connectivity index (χ4v) is 1.59. The van der Waals surface area contributed by atoms with Gasteiger partial charge in [0, 0.05) is 18.4 Å². The van der Waals surface area contributed by atoms with Gasteiger partial charge in [0.2, 0.25) is 0 Å². The molecule has 1 aliphatic carbocycles. The SMILES string of the molecule is O=C(NC1CC1)c1cn2cccc(O)c2n1. The lowest BCUT2D eigenvalue weighted by molar-refractivity contribution is 0.0946. The molecule has 0 saturated heterocycles. The lowest BCUT2D eigenvalue weighted by Gasteiger charge is -1.97. The second-order valence-electron chi connectivity index (χ2n) is 4.00. The number of hydrogen-bond donors (Lipinski definition) is 2. The van der Waals surface area contributed by atoms with Gasteiger partial charge in [-0.05, 0) is 25.0 Å². The van der Waals surface area contributed by atoms with Gasteiger partial charge in [-0.2, -0.15) is 0 Å². The van der Waals surface area contributed by atoms with E-state index in [1.165, 1.54) is 0 Å². The average Bonchev–Trinajstić information content (AvgIpc) is 2.95. The number of aromatic hydroxyl groups is 1. The molecular formula is C11H11N3O2. The molecule has 3 rings (SSSR count). The Morgan fingerprint density at radius 1 is 1.56 bits per heavy atom. The minimum Gasteiger partial charge on any atom is -0.504 e. The Kier molecular flexibility index (Phi) is 1.86. The van der Waals surface area contributed by atoms with Crippen LogP contribution in [0.5, 0.6) is 5.75 Å². The highest BCUT2D eigenvalue weighted by Gasteiger charge is 2.25. The summed E-state index contributed by atoms with van der Waals surface area (Å²) in [5.74, 6) is -0.0985. The summed E-state index contributed by atoms with van der Waals surface area (Å²) in [5.41, 5.74) is 0.747. The fraction of sp³-hybridized carbons (Fsp3) is 0.273. The molecule has 82 valence electrons. The molecule has 2 aromatic rings. The van der Waals surface area contributed by atoms with Crippen LogP contribution in [-0.4, -0.2) is 26.4 Å². The number of aromatic nitrogens is 2. The van der Waals surface area contributed by atoms with Crippen molar-refractivity contribution in [3.63, 3.8) is 0 Å². The van der Waals surface area contributed by atoms with Crippen molar-refractivity contribution in [3.05, 3.63) is 30.2 Å². The highest BCUT2D eigenvalue weighted by Crippen LogP contribution is 2.20. The second kappa shape index (κ2) is 3.23. The van der Waals surface area contributed by atoms with E-state index in [0.717, 1.165) is 12.8 Å². The largest absolute Gasteiger partial charge is 0.504 e. The van der Waals surface area contributed by atoms with Crippen molar-refractivity contribution in [1.82, 2.24) is 14.7 Å². The van der Waals surface area contributed by atoms with Gasteiger partial charge in [-0.1, -0.05) is 0 Å². The number of hydrogen-bond acceptors (Lipinski definition) is 3. The van der Waals surface area contributed by atoms with E-state index < -0.39 is 0 Å². The van der Waals surface area contributed by atoms with Crippen LogP contribution in [0.1, 0.15) is 23.3 Å². The van der Waals surface area contributed by atoms with Gasteiger partial charge in [0.25, 0.3) is 5.91 Å². The van der Waals surface area contributed by atoms with E-state index in [9.17, 15) is 9.90 Å². The first-order chi connectivity index (χ1) is 7.74. The summed E-state index contributed by atoms with van der Waals surface area (Å²) < 4.78 is 1.64. The molecule has 1 saturated carbocycles. The van der Waals surface area contributed by atoms with Gasteiger partial charge in [-0.15, -0.1) is 0 Å². The molecule has 1 aliphatic rings. The molecule has 0 aliphatic heterocycles. The average molecular weight is 217 g/mol. The zero-order valence-corrected chi connectivity index (χ0v) is 8.55. The summed E-state index contributed by atoms with van der Waals surface area (Å²) >= 11 is 0. The van der Waals surface area contributed by atoms with Crippen LogP contribution in [0.25, 0.3) is 5.65 Å². The first-order valence-corrected chi connectivity index (χ1v) is 5.21. The molecule has 1 fully saturated rings. The van der Waals surface area contributed by atoms with E-state index in [0.29, 0.717) is 17.4 Å². The predicted molar refractivity (Wildman–Crippen MR) is 57.3 cm³/mol. The molecule has 0 atom stereocenters. The Labute approximate surface area is 91.7 Å². The highest BCUT2D eigenvalue weighted by molar-refractivity contribution is 5.93. The van der Waals surface area contributed by atoms with Gasteiger partial charge in [0.1, 0.15) is 5.69 Å². The summed E-state index contributed by atoms with van der Waals surface area (Å²) in [6.45, 7) is 0. The molecule has 0 unspecified atom stereocenters. The van der Waals surface area contributed by atoms with Gasteiger partial charge in [0.05, 0.1) is 0 Å².